The standard InChI is InChI=1S/C12H13ClN2O5S/c13-9-1-2-10(11(5-9)15(17)18)12(16)14-6-8-3-4-21(19,20)7-8/h1-2,5,8H,3-4,6-7H2,(H,14,16). The van der Waals surface area contributed by atoms with Crippen LogP contribution in [0, 0.1) is 16.0 Å². The summed E-state index contributed by atoms with van der Waals surface area (Å²) in [5.41, 5.74) is -0.468. The first-order chi connectivity index (χ1) is 9.78. The van der Waals surface area contributed by atoms with Gasteiger partial charge in [-0.25, -0.2) is 8.42 Å². The van der Waals surface area contributed by atoms with Crippen molar-refractivity contribution in [1.82, 2.24) is 5.32 Å². The number of nitro groups is 1. The third-order valence-electron chi connectivity index (χ3n) is 3.28. The number of carbonyl (C=O) groups is 1. The Balaban J connectivity index is 2.06. The molecule has 0 radical (unpaired) electrons. The van der Waals surface area contributed by atoms with Gasteiger partial charge in [0.25, 0.3) is 11.6 Å². The average Bonchev–Trinajstić information content (AvgIpc) is 2.75. The van der Waals surface area contributed by atoms with E-state index in [2.05, 4.69) is 5.32 Å². The van der Waals surface area contributed by atoms with E-state index in [4.69, 9.17) is 11.6 Å². The summed E-state index contributed by atoms with van der Waals surface area (Å²) in [7, 11) is -3.01. The van der Waals surface area contributed by atoms with Crippen molar-refractivity contribution in [1.29, 1.82) is 0 Å². The van der Waals surface area contributed by atoms with Crippen LogP contribution >= 0.6 is 11.6 Å². The number of hydrogen-bond donors (Lipinski definition) is 1. The van der Waals surface area contributed by atoms with Gasteiger partial charge < -0.3 is 5.32 Å². The normalized spacial score (nSPS) is 20.1. The van der Waals surface area contributed by atoms with Gasteiger partial charge in [-0.05, 0) is 24.5 Å². The summed E-state index contributed by atoms with van der Waals surface area (Å²) in [4.78, 5) is 22.2. The molecule has 2 rings (SSSR count). The Morgan fingerprint density at radius 1 is 1.48 bits per heavy atom. The van der Waals surface area contributed by atoms with Gasteiger partial charge in [0.05, 0.1) is 16.4 Å². The van der Waals surface area contributed by atoms with E-state index < -0.39 is 20.7 Å². The summed E-state index contributed by atoms with van der Waals surface area (Å²) < 4.78 is 22.6. The summed E-state index contributed by atoms with van der Waals surface area (Å²) >= 11 is 5.67. The van der Waals surface area contributed by atoms with Crippen molar-refractivity contribution < 1.29 is 18.1 Å². The van der Waals surface area contributed by atoms with Crippen LogP contribution in [-0.2, 0) is 9.84 Å². The number of rotatable bonds is 4. The zero-order valence-electron chi connectivity index (χ0n) is 10.9. The van der Waals surface area contributed by atoms with Gasteiger partial charge in [0.2, 0.25) is 0 Å². The molecule has 1 N–H and O–H groups in total. The number of carbonyl (C=O) groups excluding carboxylic acids is 1. The zero-order chi connectivity index (χ0) is 15.6. The Morgan fingerprint density at radius 2 is 2.19 bits per heavy atom. The van der Waals surface area contributed by atoms with Crippen LogP contribution in [0.3, 0.4) is 0 Å². The van der Waals surface area contributed by atoms with Gasteiger partial charge in [0.1, 0.15) is 5.56 Å². The number of sulfone groups is 1. The number of hydrogen-bond acceptors (Lipinski definition) is 5. The first-order valence-corrected chi connectivity index (χ1v) is 8.41. The summed E-state index contributed by atoms with van der Waals surface area (Å²) in [6, 6.07) is 3.78. The minimum atomic E-state index is -3.01. The van der Waals surface area contributed by atoms with E-state index in [0.717, 1.165) is 6.07 Å². The topological polar surface area (TPSA) is 106 Å². The first-order valence-electron chi connectivity index (χ1n) is 6.21. The summed E-state index contributed by atoms with van der Waals surface area (Å²) in [6.07, 6.45) is 0.491. The Hall–Kier alpha value is -1.67. The van der Waals surface area contributed by atoms with Gasteiger partial charge in [-0.3, -0.25) is 14.9 Å². The van der Waals surface area contributed by atoms with Crippen molar-refractivity contribution in [2.45, 2.75) is 6.42 Å². The monoisotopic (exact) mass is 332 g/mol. The van der Waals surface area contributed by atoms with E-state index in [0.29, 0.717) is 6.42 Å². The molecule has 1 aromatic rings. The van der Waals surface area contributed by atoms with Crippen LogP contribution in [0.15, 0.2) is 18.2 Å². The predicted octanol–water partition coefficient (Wildman–Crippen LogP) is 1.41. The SMILES string of the molecule is O=C(NCC1CCS(=O)(=O)C1)c1ccc(Cl)cc1[N+](=O)[O-]. The Kier molecular flexibility index (Phi) is 4.48. The van der Waals surface area contributed by atoms with Crippen LogP contribution < -0.4 is 5.32 Å². The van der Waals surface area contributed by atoms with Crippen LogP contribution in [0.2, 0.25) is 5.02 Å². The fraction of sp³-hybridized carbons (Fsp3) is 0.417. The number of nitro benzene ring substituents is 1. The molecule has 1 aliphatic heterocycles. The fourth-order valence-corrected chi connectivity index (χ4v) is 4.24. The lowest BCUT2D eigenvalue weighted by molar-refractivity contribution is -0.385. The highest BCUT2D eigenvalue weighted by Gasteiger charge is 2.28. The molecule has 1 saturated heterocycles. The molecular formula is C12H13ClN2O5S. The molecule has 1 amide bonds. The lowest BCUT2D eigenvalue weighted by Gasteiger charge is -2.10. The molecule has 1 aromatic carbocycles. The van der Waals surface area contributed by atoms with E-state index in [9.17, 15) is 23.3 Å². The van der Waals surface area contributed by atoms with Crippen LogP contribution in [0.25, 0.3) is 0 Å². The van der Waals surface area contributed by atoms with E-state index in [-0.39, 0.29) is 40.2 Å². The van der Waals surface area contributed by atoms with E-state index >= 15 is 0 Å². The molecule has 0 aromatic heterocycles. The third kappa shape index (κ3) is 3.92. The number of nitrogens with one attached hydrogen (secondary N) is 1. The minimum Gasteiger partial charge on any atom is -0.352 e. The Labute approximate surface area is 126 Å². The van der Waals surface area contributed by atoms with Gasteiger partial charge in [0, 0.05) is 17.6 Å². The Bertz CT molecular complexity index is 689. The van der Waals surface area contributed by atoms with Crippen LogP contribution in [0.5, 0.6) is 0 Å². The molecule has 7 nitrogen and oxygen atoms in total. The number of benzene rings is 1. The number of amides is 1. The lowest BCUT2D eigenvalue weighted by atomic mass is 10.1. The van der Waals surface area contributed by atoms with Crippen molar-refractivity contribution in [2.24, 2.45) is 5.92 Å². The molecule has 21 heavy (non-hydrogen) atoms. The van der Waals surface area contributed by atoms with Gasteiger partial charge in [0.15, 0.2) is 9.84 Å². The second-order valence-electron chi connectivity index (χ2n) is 4.90. The van der Waals surface area contributed by atoms with Crippen molar-refractivity contribution >= 4 is 33.0 Å². The quantitative estimate of drug-likeness (QED) is 0.662. The predicted molar refractivity (Wildman–Crippen MR) is 77.2 cm³/mol. The largest absolute Gasteiger partial charge is 0.352 e. The second-order valence-corrected chi connectivity index (χ2v) is 7.56. The van der Waals surface area contributed by atoms with Gasteiger partial charge in [-0.1, -0.05) is 11.6 Å². The van der Waals surface area contributed by atoms with Crippen LogP contribution in [-0.4, -0.2) is 37.3 Å². The smallest absolute Gasteiger partial charge is 0.283 e. The van der Waals surface area contributed by atoms with Crippen molar-refractivity contribution in [3.05, 3.63) is 38.9 Å². The maximum absolute atomic E-state index is 12.0. The molecule has 0 aliphatic carbocycles. The molecule has 1 aliphatic rings. The second kappa shape index (κ2) is 5.98. The van der Waals surface area contributed by atoms with E-state index in [1.165, 1.54) is 12.1 Å². The van der Waals surface area contributed by atoms with Gasteiger partial charge in [-0.15, -0.1) is 0 Å². The van der Waals surface area contributed by atoms with Crippen molar-refractivity contribution in [3.8, 4) is 0 Å². The average molecular weight is 333 g/mol. The number of halogens is 1. The summed E-state index contributed by atoms with van der Waals surface area (Å²) in [5.74, 6) is -0.599. The molecule has 0 saturated carbocycles. The first kappa shape index (κ1) is 15.7. The molecule has 114 valence electrons. The highest BCUT2D eigenvalue weighted by atomic mass is 35.5. The minimum absolute atomic E-state index is 0.0377. The van der Waals surface area contributed by atoms with Gasteiger partial charge >= 0.3 is 0 Å². The molecule has 1 fully saturated rings. The highest BCUT2D eigenvalue weighted by molar-refractivity contribution is 7.91. The molecule has 1 heterocycles. The van der Waals surface area contributed by atoms with Crippen molar-refractivity contribution in [3.63, 3.8) is 0 Å². The molecular weight excluding hydrogens is 320 g/mol. The van der Waals surface area contributed by atoms with E-state index in [1.54, 1.807) is 0 Å². The van der Waals surface area contributed by atoms with E-state index in [1.807, 2.05) is 0 Å². The van der Waals surface area contributed by atoms with Crippen molar-refractivity contribution in [2.75, 3.05) is 18.1 Å². The molecule has 1 unspecified atom stereocenters. The molecule has 0 bridgehead atoms. The Morgan fingerprint density at radius 3 is 2.76 bits per heavy atom. The summed E-state index contributed by atoms with van der Waals surface area (Å²) in [5, 5.41) is 13.6. The third-order valence-corrected chi connectivity index (χ3v) is 5.35. The molecule has 0 spiro atoms. The molecule has 1 atom stereocenters. The summed E-state index contributed by atoms with van der Waals surface area (Å²) in [6.45, 7) is 0.178. The zero-order valence-corrected chi connectivity index (χ0v) is 12.5. The van der Waals surface area contributed by atoms with Crippen LogP contribution in [0.4, 0.5) is 5.69 Å². The fourth-order valence-electron chi connectivity index (χ4n) is 2.21. The maximum atomic E-state index is 12.0. The number of nitrogens with zero attached hydrogens (tertiary/aromatic N) is 1. The molecule has 9 heteroatoms. The maximum Gasteiger partial charge on any atom is 0.283 e. The van der Waals surface area contributed by atoms with Gasteiger partial charge in [-0.2, -0.15) is 0 Å². The van der Waals surface area contributed by atoms with Crippen LogP contribution in [0.1, 0.15) is 16.8 Å². The highest BCUT2D eigenvalue weighted by Crippen LogP contribution is 2.23. The lowest BCUT2D eigenvalue weighted by Crippen LogP contribution is -2.30.